The summed E-state index contributed by atoms with van der Waals surface area (Å²) in [4.78, 5) is 4.14. The molecule has 1 aromatic heterocycles. The largest absolute Gasteiger partial charge is 0.421 e. The Labute approximate surface area is 103 Å². The molecule has 2 aromatic rings. The van der Waals surface area contributed by atoms with Crippen LogP contribution in [0.25, 0.3) is 11.5 Å². The van der Waals surface area contributed by atoms with Crippen molar-refractivity contribution < 1.29 is 4.42 Å². The van der Waals surface area contributed by atoms with Crippen LogP contribution in [0.1, 0.15) is 5.89 Å². The third-order valence-corrected chi connectivity index (χ3v) is 2.30. The molecule has 2 N–H and O–H groups in total. The van der Waals surface area contributed by atoms with E-state index in [1.54, 1.807) is 6.92 Å². The number of alkyl halides is 1. The van der Waals surface area contributed by atoms with Gasteiger partial charge in [-0.2, -0.15) is 0 Å². The number of benzene rings is 1. The van der Waals surface area contributed by atoms with Crippen LogP contribution in [0.4, 0.5) is 5.69 Å². The Bertz CT molecular complexity index is 550. The van der Waals surface area contributed by atoms with E-state index in [1.807, 2.05) is 24.3 Å². The SMILES string of the molecule is Cc1nnc(-c2cccc(N=C(N)CCl)c2)o1. The third-order valence-electron chi connectivity index (χ3n) is 2.03. The number of nitrogens with two attached hydrogens (primary N) is 1. The highest BCUT2D eigenvalue weighted by atomic mass is 35.5. The summed E-state index contributed by atoms with van der Waals surface area (Å²) in [6.45, 7) is 1.74. The summed E-state index contributed by atoms with van der Waals surface area (Å²) in [5, 5.41) is 7.71. The Morgan fingerprint density at radius 2 is 2.29 bits per heavy atom. The first kappa shape index (κ1) is 11.6. The Morgan fingerprint density at radius 3 is 2.94 bits per heavy atom. The lowest BCUT2D eigenvalue weighted by atomic mass is 10.2. The monoisotopic (exact) mass is 250 g/mol. The Balaban J connectivity index is 2.35. The van der Waals surface area contributed by atoms with E-state index in [1.165, 1.54) is 0 Å². The summed E-state index contributed by atoms with van der Waals surface area (Å²) >= 11 is 5.57. The highest BCUT2D eigenvalue weighted by Crippen LogP contribution is 2.22. The second-order valence-corrected chi connectivity index (χ2v) is 3.68. The van der Waals surface area contributed by atoms with Crippen LogP contribution >= 0.6 is 11.6 Å². The van der Waals surface area contributed by atoms with Gasteiger partial charge in [-0.05, 0) is 18.2 Å². The van der Waals surface area contributed by atoms with E-state index in [0.717, 1.165) is 5.56 Å². The lowest BCUT2D eigenvalue weighted by Crippen LogP contribution is -2.12. The van der Waals surface area contributed by atoms with E-state index in [9.17, 15) is 0 Å². The molecule has 0 radical (unpaired) electrons. The van der Waals surface area contributed by atoms with Gasteiger partial charge in [0.1, 0.15) is 5.84 Å². The minimum Gasteiger partial charge on any atom is -0.421 e. The molecule has 6 heteroatoms. The number of halogens is 1. The topological polar surface area (TPSA) is 77.3 Å². The van der Waals surface area contributed by atoms with Gasteiger partial charge < -0.3 is 10.2 Å². The first-order valence-corrected chi connectivity index (χ1v) is 5.52. The van der Waals surface area contributed by atoms with E-state index in [2.05, 4.69) is 15.2 Å². The number of amidine groups is 1. The van der Waals surface area contributed by atoms with Crippen LogP contribution in [-0.4, -0.2) is 21.9 Å². The molecular weight excluding hydrogens is 240 g/mol. The predicted molar refractivity (Wildman–Crippen MR) is 66.5 cm³/mol. The van der Waals surface area contributed by atoms with Crippen LogP contribution in [0.5, 0.6) is 0 Å². The lowest BCUT2D eigenvalue weighted by Gasteiger charge is -1.98. The molecule has 0 aliphatic rings. The number of hydrogen-bond donors (Lipinski definition) is 1. The van der Waals surface area contributed by atoms with E-state index in [4.69, 9.17) is 21.8 Å². The fraction of sp³-hybridized carbons (Fsp3) is 0.182. The van der Waals surface area contributed by atoms with Crippen molar-refractivity contribution in [3.8, 4) is 11.5 Å². The van der Waals surface area contributed by atoms with Gasteiger partial charge in [-0.3, -0.25) is 0 Å². The molecule has 0 amide bonds. The molecule has 0 aliphatic heterocycles. The van der Waals surface area contributed by atoms with Gasteiger partial charge in [0.05, 0.1) is 11.6 Å². The Hall–Kier alpha value is -1.88. The van der Waals surface area contributed by atoms with Crippen LogP contribution in [-0.2, 0) is 0 Å². The van der Waals surface area contributed by atoms with Crippen LogP contribution in [0.2, 0.25) is 0 Å². The minimum atomic E-state index is 0.198. The number of hydrogen-bond acceptors (Lipinski definition) is 4. The average Bonchev–Trinajstić information content (AvgIpc) is 2.76. The first-order chi connectivity index (χ1) is 8.19. The predicted octanol–water partition coefficient (Wildman–Crippen LogP) is 2.27. The minimum absolute atomic E-state index is 0.198. The van der Waals surface area contributed by atoms with Gasteiger partial charge in [-0.1, -0.05) is 6.07 Å². The summed E-state index contributed by atoms with van der Waals surface area (Å²) in [6, 6.07) is 7.34. The molecule has 1 heterocycles. The quantitative estimate of drug-likeness (QED) is 0.515. The molecule has 5 nitrogen and oxygen atoms in total. The summed E-state index contributed by atoms with van der Waals surface area (Å²) in [5.41, 5.74) is 7.07. The van der Waals surface area contributed by atoms with E-state index in [-0.39, 0.29) is 5.88 Å². The van der Waals surface area contributed by atoms with Gasteiger partial charge in [0.2, 0.25) is 11.8 Å². The van der Waals surface area contributed by atoms with E-state index >= 15 is 0 Å². The van der Waals surface area contributed by atoms with Crippen molar-refractivity contribution >= 4 is 23.1 Å². The van der Waals surface area contributed by atoms with Gasteiger partial charge >= 0.3 is 0 Å². The number of nitrogens with zero attached hydrogens (tertiary/aromatic N) is 3. The standard InChI is InChI=1S/C11H11ClN4O/c1-7-15-16-11(17-7)8-3-2-4-9(5-8)14-10(13)6-12/h2-5H,6H2,1H3,(H2,13,14). The first-order valence-electron chi connectivity index (χ1n) is 4.98. The van der Waals surface area contributed by atoms with E-state index < -0.39 is 0 Å². The zero-order valence-electron chi connectivity index (χ0n) is 9.22. The van der Waals surface area contributed by atoms with Crippen molar-refractivity contribution in [3.63, 3.8) is 0 Å². The molecule has 0 atom stereocenters. The van der Waals surface area contributed by atoms with E-state index in [0.29, 0.717) is 23.3 Å². The number of aryl methyl sites for hydroxylation is 1. The molecule has 1 aromatic carbocycles. The lowest BCUT2D eigenvalue weighted by molar-refractivity contribution is 0.533. The molecule has 0 aliphatic carbocycles. The Kier molecular flexibility index (Phi) is 3.39. The zero-order valence-corrected chi connectivity index (χ0v) is 9.98. The molecule has 0 fully saturated rings. The number of aliphatic imine (C=N–C) groups is 1. The highest BCUT2D eigenvalue weighted by Gasteiger charge is 2.06. The zero-order chi connectivity index (χ0) is 12.3. The molecule has 0 spiro atoms. The second kappa shape index (κ2) is 4.97. The molecule has 17 heavy (non-hydrogen) atoms. The van der Waals surface area contributed by atoms with Gasteiger partial charge in [-0.15, -0.1) is 21.8 Å². The number of aromatic nitrogens is 2. The third kappa shape index (κ3) is 2.82. The Morgan fingerprint density at radius 1 is 1.47 bits per heavy atom. The summed E-state index contributed by atoms with van der Waals surface area (Å²) in [7, 11) is 0. The van der Waals surface area contributed by atoms with Crippen LogP contribution in [0.3, 0.4) is 0 Å². The smallest absolute Gasteiger partial charge is 0.247 e. The van der Waals surface area contributed by atoms with Crippen molar-refractivity contribution in [2.45, 2.75) is 6.92 Å². The second-order valence-electron chi connectivity index (χ2n) is 3.41. The van der Waals surface area contributed by atoms with Gasteiger partial charge in [0.25, 0.3) is 0 Å². The molecule has 0 bridgehead atoms. The fourth-order valence-electron chi connectivity index (χ4n) is 1.32. The molecule has 0 unspecified atom stereocenters. The molecule has 88 valence electrons. The van der Waals surface area contributed by atoms with Crippen molar-refractivity contribution in [2.75, 3.05) is 5.88 Å². The highest BCUT2D eigenvalue weighted by molar-refractivity contribution is 6.28. The maximum absolute atomic E-state index is 5.57. The molecule has 0 saturated heterocycles. The molecule has 0 saturated carbocycles. The van der Waals surface area contributed by atoms with Gasteiger partial charge in [0, 0.05) is 12.5 Å². The molecular formula is C11H11ClN4O. The summed E-state index contributed by atoms with van der Waals surface area (Å²) < 4.78 is 5.33. The van der Waals surface area contributed by atoms with Gasteiger partial charge in [-0.25, -0.2) is 4.99 Å². The van der Waals surface area contributed by atoms with Crippen molar-refractivity contribution in [1.82, 2.24) is 10.2 Å². The maximum atomic E-state index is 5.57. The van der Waals surface area contributed by atoms with Crippen LogP contribution < -0.4 is 5.73 Å². The summed E-state index contributed by atoms with van der Waals surface area (Å²) in [5.74, 6) is 1.55. The van der Waals surface area contributed by atoms with Crippen molar-refractivity contribution in [1.29, 1.82) is 0 Å². The van der Waals surface area contributed by atoms with Gasteiger partial charge in [0.15, 0.2) is 0 Å². The van der Waals surface area contributed by atoms with Crippen molar-refractivity contribution in [2.24, 2.45) is 10.7 Å². The summed E-state index contributed by atoms with van der Waals surface area (Å²) in [6.07, 6.45) is 0. The normalized spacial score (nSPS) is 11.8. The molecule has 2 rings (SSSR count). The van der Waals surface area contributed by atoms with Crippen LogP contribution in [0, 0.1) is 6.92 Å². The van der Waals surface area contributed by atoms with Crippen LogP contribution in [0.15, 0.2) is 33.7 Å². The average molecular weight is 251 g/mol. The number of rotatable bonds is 3. The maximum Gasteiger partial charge on any atom is 0.247 e. The fourth-order valence-corrected chi connectivity index (χ4v) is 1.38. The van der Waals surface area contributed by atoms with Crippen molar-refractivity contribution in [3.05, 3.63) is 30.2 Å².